The van der Waals surface area contributed by atoms with E-state index in [0.29, 0.717) is 0 Å². The maximum atomic E-state index is 6.53. The number of nitrogens with zero attached hydrogens (tertiary/aromatic N) is 2. The van der Waals surface area contributed by atoms with Gasteiger partial charge in [-0.15, -0.1) is 11.3 Å². The van der Waals surface area contributed by atoms with Gasteiger partial charge in [-0.3, -0.25) is 0 Å². The molecular formula is C24H18N2OS. The summed E-state index contributed by atoms with van der Waals surface area (Å²) in [5.41, 5.74) is 3.52. The summed E-state index contributed by atoms with van der Waals surface area (Å²) in [4.78, 5) is 1.24. The summed E-state index contributed by atoms with van der Waals surface area (Å²) in [6, 6.07) is 27.7. The number of thiophene rings is 1. The maximum absolute atomic E-state index is 6.53. The predicted octanol–water partition coefficient (Wildman–Crippen LogP) is 6.14. The van der Waals surface area contributed by atoms with Crippen molar-refractivity contribution in [2.24, 2.45) is 5.10 Å². The third-order valence-corrected chi connectivity index (χ3v) is 6.51. The van der Waals surface area contributed by atoms with E-state index < -0.39 is 0 Å². The van der Waals surface area contributed by atoms with Gasteiger partial charge in [0.1, 0.15) is 5.75 Å². The summed E-state index contributed by atoms with van der Waals surface area (Å²) in [7, 11) is 0. The van der Waals surface area contributed by atoms with Gasteiger partial charge in [-0.25, -0.2) is 5.01 Å². The van der Waals surface area contributed by atoms with Gasteiger partial charge in [-0.05, 0) is 28.3 Å². The SMILES string of the molecule is c1csc(C2=NN3[C@@H](C2)c2ccccc2O[C@H]3c2cccc3ccccc23)c1. The third kappa shape index (κ3) is 2.38. The molecule has 0 N–H and O–H groups in total. The Labute approximate surface area is 167 Å². The number of rotatable bonds is 2. The summed E-state index contributed by atoms with van der Waals surface area (Å²) in [6.07, 6.45) is 0.672. The normalized spacial score (nSPS) is 20.4. The first-order valence-corrected chi connectivity index (χ1v) is 10.4. The standard InChI is InChI=1S/C24H18N2OS/c1-2-9-17-16(7-1)8-5-11-18(17)24-26-21(19-10-3-4-12-22(19)27-24)15-20(25-26)23-13-6-14-28-23/h1-14,21,24H,15H2/t21-,24-/m0/s1. The molecule has 3 nitrogen and oxygen atoms in total. The van der Waals surface area contributed by atoms with Gasteiger partial charge in [0.2, 0.25) is 6.23 Å². The highest BCUT2D eigenvalue weighted by molar-refractivity contribution is 7.12. The molecule has 2 aliphatic rings. The molecular weight excluding hydrogens is 364 g/mol. The molecule has 0 fully saturated rings. The van der Waals surface area contributed by atoms with E-state index in [4.69, 9.17) is 9.84 Å². The maximum Gasteiger partial charge on any atom is 0.214 e. The monoisotopic (exact) mass is 382 g/mol. The molecule has 3 heterocycles. The lowest BCUT2D eigenvalue weighted by Gasteiger charge is -2.38. The molecule has 6 rings (SSSR count). The zero-order valence-corrected chi connectivity index (χ0v) is 16.0. The van der Waals surface area contributed by atoms with E-state index in [1.165, 1.54) is 21.2 Å². The molecule has 4 heteroatoms. The van der Waals surface area contributed by atoms with Gasteiger partial charge in [-0.1, -0.05) is 66.7 Å². The number of benzene rings is 3. The molecule has 0 saturated carbocycles. The third-order valence-electron chi connectivity index (χ3n) is 5.59. The average Bonchev–Trinajstić information content (AvgIpc) is 3.43. The highest BCUT2D eigenvalue weighted by Crippen LogP contribution is 2.48. The van der Waals surface area contributed by atoms with Gasteiger partial charge in [0.25, 0.3) is 0 Å². The Kier molecular flexibility index (Phi) is 3.53. The van der Waals surface area contributed by atoms with Crippen molar-refractivity contribution in [3.63, 3.8) is 0 Å². The van der Waals surface area contributed by atoms with Crippen LogP contribution in [0.1, 0.15) is 34.7 Å². The van der Waals surface area contributed by atoms with Crippen molar-refractivity contribution in [1.82, 2.24) is 5.01 Å². The van der Waals surface area contributed by atoms with Crippen molar-refractivity contribution in [1.29, 1.82) is 0 Å². The van der Waals surface area contributed by atoms with Crippen molar-refractivity contribution in [3.8, 4) is 5.75 Å². The molecule has 0 aliphatic carbocycles. The second kappa shape index (κ2) is 6.21. The van der Waals surface area contributed by atoms with Crippen molar-refractivity contribution in [2.45, 2.75) is 18.7 Å². The van der Waals surface area contributed by atoms with Crippen LogP contribution in [-0.4, -0.2) is 10.7 Å². The first-order valence-electron chi connectivity index (χ1n) is 9.51. The van der Waals surface area contributed by atoms with Gasteiger partial charge in [0.15, 0.2) is 0 Å². The number of hydrazone groups is 1. The number of para-hydroxylation sites is 1. The molecule has 4 aromatic rings. The van der Waals surface area contributed by atoms with Crippen LogP contribution in [0.4, 0.5) is 0 Å². The number of hydrogen-bond acceptors (Lipinski definition) is 4. The van der Waals surface area contributed by atoms with Crippen molar-refractivity contribution in [2.75, 3.05) is 0 Å². The topological polar surface area (TPSA) is 24.8 Å². The molecule has 2 aliphatic heterocycles. The fraction of sp³-hybridized carbons (Fsp3) is 0.125. The molecule has 3 aromatic carbocycles. The molecule has 136 valence electrons. The zero-order valence-electron chi connectivity index (χ0n) is 15.2. The van der Waals surface area contributed by atoms with Crippen LogP contribution in [0, 0.1) is 0 Å². The van der Waals surface area contributed by atoms with Gasteiger partial charge < -0.3 is 4.74 Å². The Bertz CT molecular complexity index is 1190. The lowest BCUT2D eigenvalue weighted by molar-refractivity contribution is -0.0180. The summed E-state index contributed by atoms with van der Waals surface area (Å²) < 4.78 is 6.53. The van der Waals surface area contributed by atoms with Gasteiger partial charge in [0, 0.05) is 17.5 Å². The minimum absolute atomic E-state index is 0.200. The Morgan fingerprint density at radius 2 is 1.68 bits per heavy atom. The van der Waals surface area contributed by atoms with Gasteiger partial charge >= 0.3 is 0 Å². The molecule has 28 heavy (non-hydrogen) atoms. The van der Waals surface area contributed by atoms with Crippen LogP contribution >= 0.6 is 11.3 Å². The lowest BCUT2D eigenvalue weighted by Crippen LogP contribution is -2.33. The molecule has 1 aromatic heterocycles. The summed E-state index contributed by atoms with van der Waals surface area (Å²) in [6.45, 7) is 0. The number of fused-ring (bicyclic) bond motifs is 4. The zero-order chi connectivity index (χ0) is 18.5. The Hall–Kier alpha value is -3.11. The number of ether oxygens (including phenoxy) is 1. The van der Waals surface area contributed by atoms with Crippen LogP contribution in [0.5, 0.6) is 5.75 Å². The second-order valence-electron chi connectivity index (χ2n) is 7.20. The van der Waals surface area contributed by atoms with Crippen LogP contribution in [-0.2, 0) is 0 Å². The van der Waals surface area contributed by atoms with Gasteiger partial charge in [0.05, 0.1) is 16.6 Å². The second-order valence-corrected chi connectivity index (χ2v) is 8.15. The number of hydrogen-bond donors (Lipinski definition) is 0. The Morgan fingerprint density at radius 3 is 2.61 bits per heavy atom. The minimum Gasteiger partial charge on any atom is -0.464 e. The van der Waals surface area contributed by atoms with E-state index in [2.05, 4.69) is 83.2 Å². The Morgan fingerprint density at radius 1 is 0.857 bits per heavy atom. The first kappa shape index (κ1) is 15.9. The van der Waals surface area contributed by atoms with E-state index in [9.17, 15) is 0 Å². The van der Waals surface area contributed by atoms with E-state index >= 15 is 0 Å². The lowest BCUT2D eigenvalue weighted by atomic mass is 9.96. The fourth-order valence-corrected chi connectivity index (χ4v) is 5.02. The highest BCUT2D eigenvalue weighted by atomic mass is 32.1. The van der Waals surface area contributed by atoms with Crippen LogP contribution in [0.25, 0.3) is 10.8 Å². The molecule has 2 atom stereocenters. The quantitative estimate of drug-likeness (QED) is 0.416. The van der Waals surface area contributed by atoms with Crippen molar-refractivity contribution < 1.29 is 4.74 Å². The van der Waals surface area contributed by atoms with Crippen LogP contribution in [0.3, 0.4) is 0 Å². The molecule has 0 radical (unpaired) electrons. The molecule has 0 spiro atoms. The summed E-state index contributed by atoms with van der Waals surface area (Å²) >= 11 is 1.75. The molecule has 0 unspecified atom stereocenters. The van der Waals surface area contributed by atoms with Gasteiger partial charge in [-0.2, -0.15) is 5.10 Å². The van der Waals surface area contributed by atoms with E-state index in [0.717, 1.165) is 23.4 Å². The largest absolute Gasteiger partial charge is 0.464 e. The highest BCUT2D eigenvalue weighted by Gasteiger charge is 2.41. The van der Waals surface area contributed by atoms with Crippen LogP contribution < -0.4 is 4.74 Å². The molecule has 0 saturated heterocycles. The first-order chi connectivity index (χ1) is 13.9. The Balaban J connectivity index is 1.53. The van der Waals surface area contributed by atoms with Crippen molar-refractivity contribution >= 4 is 27.8 Å². The van der Waals surface area contributed by atoms with E-state index in [1.807, 2.05) is 6.07 Å². The predicted molar refractivity (Wildman–Crippen MR) is 114 cm³/mol. The molecule has 0 amide bonds. The minimum atomic E-state index is -0.233. The van der Waals surface area contributed by atoms with E-state index in [1.54, 1.807) is 11.3 Å². The summed E-state index contributed by atoms with van der Waals surface area (Å²) in [5, 5.41) is 11.8. The fourth-order valence-electron chi connectivity index (χ4n) is 4.30. The smallest absolute Gasteiger partial charge is 0.214 e. The summed E-state index contributed by atoms with van der Waals surface area (Å²) in [5.74, 6) is 0.962. The van der Waals surface area contributed by atoms with Crippen LogP contribution in [0.15, 0.2) is 89.3 Å². The van der Waals surface area contributed by atoms with Crippen LogP contribution in [0.2, 0.25) is 0 Å². The molecule has 0 bridgehead atoms. The van der Waals surface area contributed by atoms with Crippen molar-refractivity contribution in [3.05, 3.63) is 100 Å². The van der Waals surface area contributed by atoms with E-state index in [-0.39, 0.29) is 12.3 Å². The average molecular weight is 382 g/mol.